The number of rotatable bonds is 9. The Balaban J connectivity index is 2.47. The lowest BCUT2D eigenvalue weighted by molar-refractivity contribution is -0.163. The summed E-state index contributed by atoms with van der Waals surface area (Å²) < 4.78 is 0. The first-order valence-corrected chi connectivity index (χ1v) is 11.7. The molecule has 0 aliphatic heterocycles. The average molecular weight is 389 g/mol. The van der Waals surface area contributed by atoms with Gasteiger partial charge in [-0.2, -0.15) is 0 Å². The van der Waals surface area contributed by atoms with Crippen molar-refractivity contribution in [2.24, 2.45) is 40.4 Å². The summed E-state index contributed by atoms with van der Waals surface area (Å²) in [5, 5.41) is 0. The summed E-state index contributed by atoms with van der Waals surface area (Å²) in [5.74, 6) is 2.54. The van der Waals surface area contributed by atoms with Crippen molar-refractivity contribution in [1.82, 2.24) is 0 Å². The molecular formula is C26H44O2. The SMILES string of the molecule is CC(C)CCC1=CC2CC(CCC(C)C)C(C)(C)C(CCC(C)C)(C1=O)C2=O. The van der Waals surface area contributed by atoms with E-state index in [1.807, 2.05) is 0 Å². The molecule has 2 heteroatoms. The third-order valence-corrected chi connectivity index (χ3v) is 7.68. The lowest BCUT2D eigenvalue weighted by Gasteiger charge is -2.56. The molecule has 1 saturated carbocycles. The predicted octanol–water partition coefficient (Wildman–Crippen LogP) is 7.02. The maximum absolute atomic E-state index is 13.9. The molecule has 2 rings (SSSR count). The van der Waals surface area contributed by atoms with Crippen LogP contribution in [0.2, 0.25) is 0 Å². The molecule has 1 fully saturated rings. The molecular weight excluding hydrogens is 344 g/mol. The molecule has 160 valence electrons. The second kappa shape index (κ2) is 8.84. The van der Waals surface area contributed by atoms with E-state index < -0.39 is 5.41 Å². The van der Waals surface area contributed by atoms with Gasteiger partial charge in [-0.25, -0.2) is 0 Å². The lowest BCUT2D eigenvalue weighted by Crippen LogP contribution is -2.61. The minimum absolute atomic E-state index is 0.0442. The molecule has 0 aromatic heterocycles. The van der Waals surface area contributed by atoms with Gasteiger partial charge in [0, 0.05) is 5.92 Å². The van der Waals surface area contributed by atoms with Crippen LogP contribution in [0.25, 0.3) is 0 Å². The Morgan fingerprint density at radius 3 is 2.04 bits per heavy atom. The van der Waals surface area contributed by atoms with Crippen molar-refractivity contribution in [3.63, 3.8) is 0 Å². The molecule has 0 aromatic carbocycles. The summed E-state index contributed by atoms with van der Waals surface area (Å²) in [6, 6.07) is 0. The highest BCUT2D eigenvalue weighted by molar-refractivity contribution is 6.19. The van der Waals surface area contributed by atoms with Gasteiger partial charge >= 0.3 is 0 Å². The van der Waals surface area contributed by atoms with Crippen LogP contribution in [0.15, 0.2) is 11.6 Å². The fraction of sp³-hybridized carbons (Fsp3) is 0.846. The molecule has 3 unspecified atom stereocenters. The van der Waals surface area contributed by atoms with Crippen molar-refractivity contribution in [1.29, 1.82) is 0 Å². The van der Waals surface area contributed by atoms with E-state index >= 15 is 0 Å². The Kier molecular flexibility index (Phi) is 7.37. The summed E-state index contributed by atoms with van der Waals surface area (Å²) in [6.07, 6.45) is 8.84. The molecule has 2 bridgehead atoms. The highest BCUT2D eigenvalue weighted by Gasteiger charge is 2.64. The Morgan fingerprint density at radius 2 is 1.50 bits per heavy atom. The van der Waals surface area contributed by atoms with E-state index in [0.29, 0.717) is 23.7 Å². The number of ketones is 2. The van der Waals surface area contributed by atoms with Gasteiger partial charge < -0.3 is 0 Å². The number of Topliss-reactive ketones (excluding diaryl/α,β-unsaturated/α-hetero) is 2. The molecule has 0 amide bonds. The Hall–Kier alpha value is -0.920. The molecule has 0 saturated heterocycles. The van der Waals surface area contributed by atoms with Crippen LogP contribution < -0.4 is 0 Å². The van der Waals surface area contributed by atoms with Crippen LogP contribution in [-0.2, 0) is 9.59 Å². The third-order valence-electron chi connectivity index (χ3n) is 7.68. The second-order valence-corrected chi connectivity index (χ2v) is 11.4. The van der Waals surface area contributed by atoms with Gasteiger partial charge in [-0.15, -0.1) is 0 Å². The summed E-state index contributed by atoms with van der Waals surface area (Å²) in [7, 11) is 0. The molecule has 3 atom stereocenters. The minimum Gasteiger partial charge on any atom is -0.298 e. The van der Waals surface area contributed by atoms with Gasteiger partial charge in [0.15, 0.2) is 11.6 Å². The van der Waals surface area contributed by atoms with Gasteiger partial charge in [-0.1, -0.05) is 67.9 Å². The highest BCUT2D eigenvalue weighted by atomic mass is 16.2. The Morgan fingerprint density at radius 1 is 0.929 bits per heavy atom. The number of hydrogen-bond acceptors (Lipinski definition) is 2. The van der Waals surface area contributed by atoms with Crippen LogP contribution in [0.4, 0.5) is 0 Å². The van der Waals surface area contributed by atoms with Gasteiger partial charge in [0.1, 0.15) is 0 Å². The first kappa shape index (κ1) is 23.4. The molecule has 0 radical (unpaired) electrons. The molecule has 2 nitrogen and oxygen atoms in total. The molecule has 0 aromatic rings. The van der Waals surface area contributed by atoms with Crippen molar-refractivity contribution >= 4 is 11.6 Å². The van der Waals surface area contributed by atoms with Crippen molar-refractivity contribution in [2.75, 3.05) is 0 Å². The van der Waals surface area contributed by atoms with E-state index in [1.54, 1.807) is 0 Å². The van der Waals surface area contributed by atoms with Crippen molar-refractivity contribution in [2.45, 2.75) is 100 Å². The molecule has 0 heterocycles. The largest absolute Gasteiger partial charge is 0.298 e. The summed E-state index contributed by atoms with van der Waals surface area (Å²) >= 11 is 0. The summed E-state index contributed by atoms with van der Waals surface area (Å²) in [6.45, 7) is 17.8. The topological polar surface area (TPSA) is 34.1 Å². The zero-order valence-electron chi connectivity index (χ0n) is 19.7. The summed E-state index contributed by atoms with van der Waals surface area (Å²) in [5.41, 5.74) is -0.112. The first-order chi connectivity index (χ1) is 12.9. The van der Waals surface area contributed by atoms with Crippen molar-refractivity contribution in [3.05, 3.63) is 11.6 Å². The molecule has 0 N–H and O–H groups in total. The van der Waals surface area contributed by atoms with Gasteiger partial charge in [0.2, 0.25) is 0 Å². The zero-order valence-corrected chi connectivity index (χ0v) is 19.7. The van der Waals surface area contributed by atoms with E-state index in [9.17, 15) is 9.59 Å². The van der Waals surface area contributed by atoms with Crippen LogP contribution in [0, 0.1) is 40.4 Å². The van der Waals surface area contributed by atoms with E-state index in [0.717, 1.165) is 44.1 Å². The predicted molar refractivity (Wildman–Crippen MR) is 118 cm³/mol. The average Bonchev–Trinajstić information content (AvgIpc) is 2.57. The number of allylic oxidation sites excluding steroid dienone is 2. The number of hydrogen-bond donors (Lipinski definition) is 0. The fourth-order valence-electron chi connectivity index (χ4n) is 5.55. The maximum Gasteiger partial charge on any atom is 0.172 e. The zero-order chi connectivity index (χ0) is 21.3. The van der Waals surface area contributed by atoms with Crippen LogP contribution in [0.5, 0.6) is 0 Å². The molecule has 0 spiro atoms. The first-order valence-electron chi connectivity index (χ1n) is 11.7. The van der Waals surface area contributed by atoms with Crippen LogP contribution in [0.1, 0.15) is 100 Å². The van der Waals surface area contributed by atoms with E-state index in [1.165, 1.54) is 6.42 Å². The highest BCUT2D eigenvalue weighted by Crippen LogP contribution is 2.60. The summed E-state index contributed by atoms with van der Waals surface area (Å²) in [4.78, 5) is 27.6. The minimum atomic E-state index is -0.803. The fourth-order valence-corrected chi connectivity index (χ4v) is 5.55. The van der Waals surface area contributed by atoms with Crippen molar-refractivity contribution < 1.29 is 9.59 Å². The van der Waals surface area contributed by atoms with Crippen LogP contribution in [0.3, 0.4) is 0 Å². The molecule has 28 heavy (non-hydrogen) atoms. The van der Waals surface area contributed by atoms with E-state index in [-0.39, 0.29) is 22.9 Å². The van der Waals surface area contributed by atoms with Crippen molar-refractivity contribution in [3.8, 4) is 0 Å². The van der Waals surface area contributed by atoms with E-state index in [2.05, 4.69) is 61.5 Å². The van der Waals surface area contributed by atoms with Crippen LogP contribution >= 0.6 is 0 Å². The normalized spacial score (nSPS) is 29.8. The standard InChI is InChI=1S/C26H44O2/c1-17(2)9-11-20-15-21-16-22(12-10-18(3)4)25(7,8)26(23(20)27,24(21)28)14-13-19(5)6/h15,17-19,21-22H,9-14,16H2,1-8H3. The van der Waals surface area contributed by atoms with Gasteiger partial charge in [-0.05, 0) is 73.2 Å². The second-order valence-electron chi connectivity index (χ2n) is 11.4. The molecule has 2 aliphatic carbocycles. The number of carbonyl (C=O) groups excluding carboxylic acids is 2. The quantitative estimate of drug-likeness (QED) is 0.398. The van der Waals surface area contributed by atoms with Crippen LogP contribution in [-0.4, -0.2) is 11.6 Å². The number of fused-ring (bicyclic) bond motifs is 2. The lowest BCUT2D eigenvalue weighted by atomic mass is 9.44. The van der Waals surface area contributed by atoms with Gasteiger partial charge in [0.25, 0.3) is 0 Å². The van der Waals surface area contributed by atoms with Gasteiger partial charge in [-0.3, -0.25) is 9.59 Å². The monoisotopic (exact) mass is 388 g/mol. The maximum atomic E-state index is 13.9. The third kappa shape index (κ3) is 4.31. The number of carbonyl (C=O) groups is 2. The van der Waals surface area contributed by atoms with Gasteiger partial charge in [0.05, 0.1) is 5.41 Å². The molecule has 2 aliphatic rings. The Labute approximate surface area is 173 Å². The Bertz CT molecular complexity index is 608. The smallest absolute Gasteiger partial charge is 0.172 e. The van der Waals surface area contributed by atoms with E-state index in [4.69, 9.17) is 0 Å².